The van der Waals surface area contributed by atoms with Crippen LogP contribution in [0.5, 0.6) is 5.75 Å². The molecule has 0 bridgehead atoms. The van der Waals surface area contributed by atoms with Crippen molar-refractivity contribution < 1.29 is 13.9 Å². The fourth-order valence-electron chi connectivity index (χ4n) is 4.17. The summed E-state index contributed by atoms with van der Waals surface area (Å²) in [6, 6.07) is 13.7. The van der Waals surface area contributed by atoms with E-state index in [0.29, 0.717) is 55.3 Å². The lowest BCUT2D eigenvalue weighted by atomic mass is 9.72. The number of rotatable bonds is 6. The van der Waals surface area contributed by atoms with Gasteiger partial charge in [0.25, 0.3) is 5.91 Å². The number of ether oxygens (including phenoxy) is 1. The van der Waals surface area contributed by atoms with Gasteiger partial charge in [0.1, 0.15) is 11.6 Å². The lowest BCUT2D eigenvalue weighted by Crippen LogP contribution is -2.52. The molecule has 0 unspecified atom stereocenters. The van der Waals surface area contributed by atoms with E-state index in [2.05, 4.69) is 15.6 Å². The van der Waals surface area contributed by atoms with Gasteiger partial charge in [0, 0.05) is 31.6 Å². The van der Waals surface area contributed by atoms with Crippen LogP contribution >= 0.6 is 0 Å². The van der Waals surface area contributed by atoms with Gasteiger partial charge in [-0.1, -0.05) is 30.3 Å². The summed E-state index contributed by atoms with van der Waals surface area (Å²) in [5.41, 5.74) is 0.442. The van der Waals surface area contributed by atoms with E-state index in [1.807, 2.05) is 24.1 Å². The van der Waals surface area contributed by atoms with Gasteiger partial charge in [0.2, 0.25) is 5.96 Å². The molecule has 2 aromatic rings. The summed E-state index contributed by atoms with van der Waals surface area (Å²) in [5, 5.41) is 14.7. The number of guanidine groups is 1. The van der Waals surface area contributed by atoms with Crippen LogP contribution in [0.1, 0.15) is 35.7 Å². The number of amides is 1. The minimum Gasteiger partial charge on any atom is -0.496 e. The molecule has 1 heterocycles. The van der Waals surface area contributed by atoms with E-state index < -0.39 is 5.41 Å². The largest absolute Gasteiger partial charge is 0.496 e. The van der Waals surface area contributed by atoms with Crippen LogP contribution < -0.4 is 15.4 Å². The molecule has 3 rings (SSSR count). The molecule has 1 aliphatic rings. The van der Waals surface area contributed by atoms with Gasteiger partial charge in [0.05, 0.1) is 12.7 Å². The summed E-state index contributed by atoms with van der Waals surface area (Å²) in [5.74, 6) is 0.461. The normalized spacial score (nSPS) is 15.6. The van der Waals surface area contributed by atoms with E-state index in [1.165, 1.54) is 13.2 Å². The van der Waals surface area contributed by atoms with E-state index in [0.717, 1.165) is 0 Å². The Morgan fingerprint density at radius 1 is 1.22 bits per heavy atom. The molecule has 2 N–H and O–H groups in total. The lowest BCUT2D eigenvalue weighted by Gasteiger charge is -2.43. The molecule has 168 valence electrons. The van der Waals surface area contributed by atoms with Crippen molar-refractivity contribution in [3.63, 3.8) is 0 Å². The third-order valence-electron chi connectivity index (χ3n) is 5.88. The second-order valence-corrected chi connectivity index (χ2v) is 7.66. The predicted octanol–water partition coefficient (Wildman–Crippen LogP) is 3.04. The summed E-state index contributed by atoms with van der Waals surface area (Å²) >= 11 is 0. The molecule has 1 saturated heterocycles. The Balaban J connectivity index is 1.83. The van der Waals surface area contributed by atoms with Crippen LogP contribution in [0.3, 0.4) is 0 Å². The molecule has 1 fully saturated rings. The summed E-state index contributed by atoms with van der Waals surface area (Å²) in [6.07, 6.45) is 3.12. The number of piperidine rings is 1. The molecule has 1 aliphatic heterocycles. The first-order valence-corrected chi connectivity index (χ1v) is 10.7. The molecule has 0 aromatic heterocycles. The molecule has 0 saturated carbocycles. The number of nitriles is 1. The van der Waals surface area contributed by atoms with Crippen LogP contribution in [0.4, 0.5) is 4.39 Å². The molecule has 2 aromatic carbocycles. The van der Waals surface area contributed by atoms with Crippen molar-refractivity contribution >= 4 is 11.9 Å². The van der Waals surface area contributed by atoms with Gasteiger partial charge in [-0.05, 0) is 43.5 Å². The van der Waals surface area contributed by atoms with Crippen molar-refractivity contribution in [2.75, 3.05) is 33.3 Å². The second-order valence-electron chi connectivity index (χ2n) is 7.66. The van der Waals surface area contributed by atoms with E-state index in [1.54, 1.807) is 36.4 Å². The number of methoxy groups -OCH3 is 1. The number of carbonyl (C=O) groups excluding carboxylic acids is 1. The number of halogens is 1. The minimum atomic E-state index is -0.580. The number of hydrogen-bond donors (Lipinski definition) is 2. The summed E-state index contributed by atoms with van der Waals surface area (Å²) in [4.78, 5) is 19.3. The van der Waals surface area contributed by atoms with Crippen LogP contribution in [0, 0.1) is 17.3 Å². The van der Waals surface area contributed by atoms with E-state index in [4.69, 9.17) is 10.00 Å². The van der Waals surface area contributed by atoms with Gasteiger partial charge >= 0.3 is 0 Å². The Morgan fingerprint density at radius 2 is 1.91 bits per heavy atom. The molecular formula is C24H28FN5O2. The van der Waals surface area contributed by atoms with Crippen LogP contribution in [0.25, 0.3) is 0 Å². The number of nitrogens with zero attached hydrogens (tertiary/aromatic N) is 3. The summed E-state index contributed by atoms with van der Waals surface area (Å²) in [7, 11) is 1.52. The van der Waals surface area contributed by atoms with Crippen molar-refractivity contribution in [3.8, 4) is 11.9 Å². The zero-order chi connectivity index (χ0) is 23.0. The molecule has 7 nitrogen and oxygen atoms in total. The van der Waals surface area contributed by atoms with Crippen molar-refractivity contribution in [1.29, 1.82) is 5.26 Å². The Hall–Kier alpha value is -3.60. The first-order chi connectivity index (χ1) is 15.5. The highest BCUT2D eigenvalue weighted by Crippen LogP contribution is 2.37. The van der Waals surface area contributed by atoms with Crippen LogP contribution in [0.15, 0.2) is 53.5 Å². The number of benzene rings is 2. The highest BCUT2D eigenvalue weighted by atomic mass is 19.1. The van der Waals surface area contributed by atoms with Gasteiger partial charge in [-0.25, -0.2) is 4.39 Å². The number of nitrogens with one attached hydrogen (secondary N) is 2. The molecule has 0 aliphatic carbocycles. The molecular weight excluding hydrogens is 409 g/mol. The number of hydrogen-bond acceptors (Lipinski definition) is 4. The SMILES string of the molecule is CCN=C(NC#N)N1CCC(CNC(=O)c2ccccc2OC)(c2ccccc2F)CC1. The summed E-state index contributed by atoms with van der Waals surface area (Å²) < 4.78 is 20.2. The van der Waals surface area contributed by atoms with Crippen LogP contribution in [-0.4, -0.2) is 50.1 Å². The van der Waals surface area contributed by atoms with Gasteiger partial charge < -0.3 is 15.0 Å². The fourth-order valence-corrected chi connectivity index (χ4v) is 4.17. The molecule has 0 radical (unpaired) electrons. The lowest BCUT2D eigenvalue weighted by molar-refractivity contribution is 0.0928. The van der Waals surface area contributed by atoms with E-state index in [-0.39, 0.29) is 18.3 Å². The van der Waals surface area contributed by atoms with Crippen molar-refractivity contribution in [3.05, 3.63) is 65.5 Å². The van der Waals surface area contributed by atoms with Gasteiger partial charge in [-0.15, -0.1) is 0 Å². The Morgan fingerprint density at radius 3 is 2.56 bits per heavy atom. The second kappa shape index (κ2) is 10.6. The topological polar surface area (TPSA) is 89.8 Å². The number of aliphatic imine (C=N–C) groups is 1. The number of likely N-dealkylation sites (tertiary alicyclic amines) is 1. The minimum absolute atomic E-state index is 0.264. The van der Waals surface area contributed by atoms with E-state index in [9.17, 15) is 9.18 Å². The van der Waals surface area contributed by atoms with Crippen LogP contribution in [-0.2, 0) is 5.41 Å². The first-order valence-electron chi connectivity index (χ1n) is 10.7. The highest BCUT2D eigenvalue weighted by molar-refractivity contribution is 5.97. The Labute approximate surface area is 187 Å². The zero-order valence-corrected chi connectivity index (χ0v) is 18.4. The van der Waals surface area contributed by atoms with E-state index >= 15 is 0 Å². The van der Waals surface area contributed by atoms with Crippen molar-refractivity contribution in [2.24, 2.45) is 4.99 Å². The molecule has 0 spiro atoms. The monoisotopic (exact) mass is 437 g/mol. The number of para-hydroxylation sites is 1. The predicted molar refractivity (Wildman–Crippen MR) is 121 cm³/mol. The van der Waals surface area contributed by atoms with Crippen molar-refractivity contribution in [2.45, 2.75) is 25.2 Å². The maximum Gasteiger partial charge on any atom is 0.255 e. The van der Waals surface area contributed by atoms with Crippen LogP contribution in [0.2, 0.25) is 0 Å². The van der Waals surface area contributed by atoms with Gasteiger partial charge in [0.15, 0.2) is 6.19 Å². The average molecular weight is 438 g/mol. The zero-order valence-electron chi connectivity index (χ0n) is 18.4. The number of carbonyl (C=O) groups is 1. The molecule has 32 heavy (non-hydrogen) atoms. The standard InChI is InChI=1S/C24H28FN5O2/c1-3-27-23(29-17-26)30-14-12-24(13-15-30,19-9-5-6-10-20(19)25)16-28-22(31)18-8-4-7-11-21(18)32-2/h4-11H,3,12-16H2,1-2H3,(H,27,29)(H,28,31). The third-order valence-corrected chi connectivity index (χ3v) is 5.88. The average Bonchev–Trinajstić information content (AvgIpc) is 2.83. The van der Waals surface area contributed by atoms with Crippen molar-refractivity contribution in [1.82, 2.24) is 15.5 Å². The first kappa shape index (κ1) is 23.1. The quantitative estimate of drug-likeness (QED) is 0.314. The maximum atomic E-state index is 14.9. The Bertz CT molecular complexity index is 1010. The van der Waals surface area contributed by atoms with Gasteiger partial charge in [-0.3, -0.25) is 15.1 Å². The Kier molecular flexibility index (Phi) is 7.66. The fraction of sp³-hybridized carbons (Fsp3) is 0.375. The molecule has 8 heteroatoms. The summed E-state index contributed by atoms with van der Waals surface area (Å²) in [6.45, 7) is 3.89. The maximum absolute atomic E-state index is 14.9. The highest BCUT2D eigenvalue weighted by Gasteiger charge is 2.39. The molecule has 0 atom stereocenters. The third kappa shape index (κ3) is 4.99. The smallest absolute Gasteiger partial charge is 0.255 e. The molecule has 1 amide bonds. The van der Waals surface area contributed by atoms with Gasteiger partial charge in [-0.2, -0.15) is 5.26 Å².